The van der Waals surface area contributed by atoms with E-state index in [1.165, 1.54) is 0 Å². The predicted octanol–water partition coefficient (Wildman–Crippen LogP) is 2.41. The lowest BCUT2D eigenvalue weighted by molar-refractivity contribution is 0.881. The maximum atomic E-state index is 9.20. The van der Waals surface area contributed by atoms with E-state index in [0.717, 1.165) is 16.7 Å². The van der Waals surface area contributed by atoms with Crippen LogP contribution in [-0.4, -0.2) is 20.6 Å². The van der Waals surface area contributed by atoms with Crippen LogP contribution in [0.2, 0.25) is 0 Å². The maximum Gasteiger partial charge on any atom is 0.205 e. The van der Waals surface area contributed by atoms with E-state index in [4.69, 9.17) is 0 Å². The number of rotatable bonds is 2. The topological polar surface area (TPSA) is 78.2 Å². The molecule has 90 valence electrons. The number of hydrogen-bond acceptors (Lipinski definition) is 4. The van der Waals surface area contributed by atoms with Crippen molar-refractivity contribution in [3.05, 3.63) is 54.1 Å². The minimum Gasteiger partial charge on any atom is -0.192 e. The van der Waals surface area contributed by atoms with Gasteiger partial charge in [0.15, 0.2) is 0 Å². The van der Waals surface area contributed by atoms with Crippen LogP contribution < -0.4 is 0 Å². The van der Waals surface area contributed by atoms with Crippen LogP contribution in [0.5, 0.6) is 0 Å². The molecule has 0 spiro atoms. The zero-order valence-corrected chi connectivity index (χ0v) is 9.91. The van der Waals surface area contributed by atoms with Gasteiger partial charge in [0, 0.05) is 11.1 Å². The summed E-state index contributed by atoms with van der Waals surface area (Å²) in [6, 6.07) is 17.4. The first kappa shape index (κ1) is 11.1. The SMILES string of the molecule is N#Cc1ccccc1-c1ccccc1-c1nn[nH]n1. The lowest BCUT2D eigenvalue weighted by atomic mass is 9.95. The summed E-state index contributed by atoms with van der Waals surface area (Å²) in [6.07, 6.45) is 0. The zero-order valence-electron chi connectivity index (χ0n) is 9.91. The van der Waals surface area contributed by atoms with Crippen LogP contribution in [0.4, 0.5) is 0 Å². The van der Waals surface area contributed by atoms with Gasteiger partial charge < -0.3 is 0 Å². The Morgan fingerprint density at radius 3 is 2.26 bits per heavy atom. The van der Waals surface area contributed by atoms with Gasteiger partial charge in [-0.05, 0) is 16.8 Å². The number of hydrogen-bond donors (Lipinski definition) is 1. The molecule has 5 nitrogen and oxygen atoms in total. The van der Waals surface area contributed by atoms with Gasteiger partial charge in [-0.2, -0.15) is 10.5 Å². The molecule has 3 rings (SSSR count). The highest BCUT2D eigenvalue weighted by molar-refractivity contribution is 5.83. The normalized spacial score (nSPS) is 10.1. The molecule has 0 unspecified atom stereocenters. The van der Waals surface area contributed by atoms with Crippen molar-refractivity contribution in [3.8, 4) is 28.6 Å². The molecule has 0 atom stereocenters. The minimum atomic E-state index is 0.517. The fraction of sp³-hybridized carbons (Fsp3) is 0. The van der Waals surface area contributed by atoms with E-state index in [1.807, 2.05) is 42.5 Å². The minimum absolute atomic E-state index is 0.517. The van der Waals surface area contributed by atoms with Crippen molar-refractivity contribution in [2.24, 2.45) is 0 Å². The van der Waals surface area contributed by atoms with Crippen LogP contribution in [0.3, 0.4) is 0 Å². The van der Waals surface area contributed by atoms with E-state index in [2.05, 4.69) is 26.7 Å². The number of aromatic amines is 1. The predicted molar refractivity (Wildman–Crippen MR) is 69.8 cm³/mol. The summed E-state index contributed by atoms with van der Waals surface area (Å²) >= 11 is 0. The fourth-order valence-corrected chi connectivity index (χ4v) is 2.00. The summed E-state index contributed by atoms with van der Waals surface area (Å²) < 4.78 is 0. The molecule has 1 N–H and O–H groups in total. The molecule has 0 radical (unpaired) electrons. The van der Waals surface area contributed by atoms with Crippen LogP contribution in [-0.2, 0) is 0 Å². The van der Waals surface area contributed by atoms with Crippen molar-refractivity contribution in [2.45, 2.75) is 0 Å². The monoisotopic (exact) mass is 247 g/mol. The standard InChI is InChI=1S/C14H9N5/c15-9-10-5-1-2-6-11(10)12-7-3-4-8-13(12)14-16-18-19-17-14/h1-8H,(H,16,17,18,19). The van der Waals surface area contributed by atoms with Crippen molar-refractivity contribution in [3.63, 3.8) is 0 Å². The summed E-state index contributed by atoms with van der Waals surface area (Å²) in [5, 5.41) is 23.2. The molecule has 0 aliphatic heterocycles. The Kier molecular flexibility index (Phi) is 2.75. The first-order chi connectivity index (χ1) is 9.40. The Morgan fingerprint density at radius 2 is 1.58 bits per heavy atom. The Hall–Kier alpha value is -3.00. The number of tetrazole rings is 1. The molecule has 0 aliphatic rings. The molecule has 19 heavy (non-hydrogen) atoms. The summed E-state index contributed by atoms with van der Waals surface area (Å²) in [4.78, 5) is 0. The number of benzene rings is 2. The van der Waals surface area contributed by atoms with Gasteiger partial charge in [-0.15, -0.1) is 10.2 Å². The van der Waals surface area contributed by atoms with E-state index >= 15 is 0 Å². The van der Waals surface area contributed by atoms with Gasteiger partial charge in [-0.25, -0.2) is 0 Å². The van der Waals surface area contributed by atoms with E-state index in [0.29, 0.717) is 11.4 Å². The van der Waals surface area contributed by atoms with Crippen molar-refractivity contribution >= 4 is 0 Å². The molecule has 1 heterocycles. The molecule has 1 aromatic heterocycles. The van der Waals surface area contributed by atoms with E-state index in [1.54, 1.807) is 6.07 Å². The molecule has 2 aromatic carbocycles. The molecule has 0 saturated heterocycles. The number of nitrogens with zero attached hydrogens (tertiary/aromatic N) is 4. The Balaban J connectivity index is 2.25. The average molecular weight is 247 g/mol. The number of nitriles is 1. The van der Waals surface area contributed by atoms with E-state index in [9.17, 15) is 5.26 Å². The summed E-state index contributed by atoms with van der Waals surface area (Å²) in [5.74, 6) is 0.517. The molecule has 0 amide bonds. The Labute approximate surface area is 109 Å². The van der Waals surface area contributed by atoms with Gasteiger partial charge >= 0.3 is 0 Å². The highest BCUT2D eigenvalue weighted by Crippen LogP contribution is 2.31. The largest absolute Gasteiger partial charge is 0.205 e. The third kappa shape index (κ3) is 1.96. The molecule has 0 aliphatic carbocycles. The number of nitrogens with one attached hydrogen (secondary N) is 1. The lowest BCUT2D eigenvalue weighted by Crippen LogP contribution is -1.89. The molecule has 0 saturated carbocycles. The maximum absolute atomic E-state index is 9.20. The quantitative estimate of drug-likeness (QED) is 0.754. The average Bonchev–Trinajstić information content (AvgIpc) is 3.01. The second-order valence-corrected chi connectivity index (χ2v) is 3.94. The van der Waals surface area contributed by atoms with Crippen LogP contribution in [0.25, 0.3) is 22.5 Å². The van der Waals surface area contributed by atoms with E-state index < -0.39 is 0 Å². The van der Waals surface area contributed by atoms with E-state index in [-0.39, 0.29) is 0 Å². The van der Waals surface area contributed by atoms with Crippen LogP contribution in [0, 0.1) is 11.3 Å². The second kappa shape index (κ2) is 4.70. The highest BCUT2D eigenvalue weighted by atomic mass is 15.5. The van der Waals surface area contributed by atoms with Gasteiger partial charge in [0.05, 0.1) is 11.6 Å². The van der Waals surface area contributed by atoms with Crippen molar-refractivity contribution in [1.29, 1.82) is 5.26 Å². The lowest BCUT2D eigenvalue weighted by Gasteiger charge is -2.07. The molecule has 0 fully saturated rings. The summed E-state index contributed by atoms with van der Waals surface area (Å²) in [5.41, 5.74) is 3.25. The van der Waals surface area contributed by atoms with Gasteiger partial charge in [-0.3, -0.25) is 0 Å². The molecular formula is C14H9N5. The first-order valence-corrected chi connectivity index (χ1v) is 5.72. The van der Waals surface area contributed by atoms with Gasteiger partial charge in [0.1, 0.15) is 0 Å². The summed E-state index contributed by atoms with van der Waals surface area (Å²) in [7, 11) is 0. The Bertz CT molecular complexity index is 741. The highest BCUT2D eigenvalue weighted by Gasteiger charge is 2.12. The second-order valence-electron chi connectivity index (χ2n) is 3.94. The molecule has 0 bridgehead atoms. The molecule has 5 heteroatoms. The van der Waals surface area contributed by atoms with Gasteiger partial charge in [0.2, 0.25) is 5.82 Å². The third-order valence-electron chi connectivity index (χ3n) is 2.85. The van der Waals surface area contributed by atoms with Crippen molar-refractivity contribution in [2.75, 3.05) is 0 Å². The fourth-order valence-electron chi connectivity index (χ4n) is 2.00. The molecule has 3 aromatic rings. The van der Waals surface area contributed by atoms with Crippen LogP contribution >= 0.6 is 0 Å². The van der Waals surface area contributed by atoms with Crippen LogP contribution in [0.1, 0.15) is 5.56 Å². The zero-order chi connectivity index (χ0) is 13.1. The smallest absolute Gasteiger partial charge is 0.192 e. The van der Waals surface area contributed by atoms with Gasteiger partial charge in [-0.1, -0.05) is 42.5 Å². The van der Waals surface area contributed by atoms with Crippen LogP contribution in [0.15, 0.2) is 48.5 Å². The number of H-pyrrole nitrogens is 1. The Morgan fingerprint density at radius 1 is 0.895 bits per heavy atom. The van der Waals surface area contributed by atoms with Gasteiger partial charge in [0.25, 0.3) is 0 Å². The van der Waals surface area contributed by atoms with Crippen molar-refractivity contribution in [1.82, 2.24) is 20.6 Å². The third-order valence-corrected chi connectivity index (χ3v) is 2.85. The summed E-state index contributed by atoms with van der Waals surface area (Å²) in [6.45, 7) is 0. The number of aromatic nitrogens is 4. The van der Waals surface area contributed by atoms with Crippen molar-refractivity contribution < 1.29 is 0 Å². The molecular weight excluding hydrogens is 238 g/mol. The first-order valence-electron chi connectivity index (χ1n) is 5.72.